The molecule has 0 amide bonds. The van der Waals surface area contributed by atoms with Crippen molar-refractivity contribution in [3.8, 4) is 5.75 Å². The van der Waals surface area contributed by atoms with Gasteiger partial charge in [0.1, 0.15) is 12.4 Å². The molecular formula is C15H18ClN3O. The van der Waals surface area contributed by atoms with E-state index in [9.17, 15) is 0 Å². The predicted molar refractivity (Wildman–Crippen MR) is 79.0 cm³/mol. The summed E-state index contributed by atoms with van der Waals surface area (Å²) in [6, 6.07) is 8.58. The summed E-state index contributed by atoms with van der Waals surface area (Å²) in [4.78, 5) is 0. The Hall–Kier alpha value is -1.52. The number of hydrogen-bond acceptors (Lipinski definition) is 3. The molecule has 0 atom stereocenters. The second-order valence-corrected chi connectivity index (χ2v) is 5.44. The number of rotatable bonds is 7. The van der Waals surface area contributed by atoms with E-state index in [0.717, 1.165) is 12.3 Å². The largest absolute Gasteiger partial charge is 0.490 e. The maximum Gasteiger partial charge on any atom is 0.138 e. The van der Waals surface area contributed by atoms with E-state index in [1.54, 1.807) is 6.20 Å². The summed E-state index contributed by atoms with van der Waals surface area (Å²) >= 11 is 6.25. The van der Waals surface area contributed by atoms with Gasteiger partial charge in [0.25, 0.3) is 0 Å². The molecule has 106 valence electrons. The smallest absolute Gasteiger partial charge is 0.138 e. The number of aromatic nitrogens is 2. The molecule has 0 saturated heterocycles. The Morgan fingerprint density at radius 3 is 3.00 bits per heavy atom. The zero-order chi connectivity index (χ0) is 13.8. The highest BCUT2D eigenvalue weighted by Gasteiger charge is 2.20. The molecule has 0 aliphatic heterocycles. The lowest BCUT2D eigenvalue weighted by Crippen LogP contribution is -2.15. The highest BCUT2D eigenvalue weighted by molar-refractivity contribution is 6.32. The molecule has 1 aromatic heterocycles. The molecule has 3 rings (SSSR count). The van der Waals surface area contributed by atoms with Gasteiger partial charge < -0.3 is 10.1 Å². The zero-order valence-corrected chi connectivity index (χ0v) is 12.0. The molecule has 4 nitrogen and oxygen atoms in total. The van der Waals surface area contributed by atoms with Crippen LogP contribution in [0.4, 0.5) is 0 Å². The second kappa shape index (κ2) is 6.29. The minimum atomic E-state index is 0.557. The monoisotopic (exact) mass is 291 g/mol. The van der Waals surface area contributed by atoms with Crippen LogP contribution in [0.5, 0.6) is 5.75 Å². The van der Waals surface area contributed by atoms with Crippen LogP contribution in [0.15, 0.2) is 36.7 Å². The van der Waals surface area contributed by atoms with Crippen LogP contribution in [0.3, 0.4) is 0 Å². The van der Waals surface area contributed by atoms with E-state index in [0.29, 0.717) is 24.2 Å². The Labute approximate surface area is 123 Å². The fourth-order valence-corrected chi connectivity index (χ4v) is 2.26. The summed E-state index contributed by atoms with van der Waals surface area (Å²) in [5.74, 6) is 0.731. The molecule has 0 radical (unpaired) electrons. The van der Waals surface area contributed by atoms with Crippen molar-refractivity contribution >= 4 is 11.6 Å². The molecule has 1 N–H and O–H groups in total. The van der Waals surface area contributed by atoms with Gasteiger partial charge in [-0.25, -0.2) is 0 Å². The van der Waals surface area contributed by atoms with E-state index in [1.165, 1.54) is 18.4 Å². The van der Waals surface area contributed by atoms with E-state index in [1.807, 2.05) is 29.1 Å². The number of hydrogen-bond donors (Lipinski definition) is 1. The minimum Gasteiger partial charge on any atom is -0.490 e. The van der Waals surface area contributed by atoms with Gasteiger partial charge in [0, 0.05) is 25.0 Å². The molecule has 1 aliphatic rings. The van der Waals surface area contributed by atoms with Gasteiger partial charge in [-0.15, -0.1) is 0 Å². The Bertz CT molecular complexity index is 552. The first kappa shape index (κ1) is 13.5. The summed E-state index contributed by atoms with van der Waals surface area (Å²) in [6.07, 6.45) is 6.26. The number of ether oxygens (including phenoxy) is 1. The van der Waals surface area contributed by atoms with Gasteiger partial charge in [0.2, 0.25) is 0 Å². The summed E-state index contributed by atoms with van der Waals surface area (Å²) in [6.45, 7) is 2.15. The van der Waals surface area contributed by atoms with Crippen LogP contribution in [0.2, 0.25) is 5.02 Å². The van der Waals surface area contributed by atoms with Crippen LogP contribution < -0.4 is 10.1 Å². The molecule has 1 fully saturated rings. The fraction of sp³-hybridized carbons (Fsp3) is 0.400. The van der Waals surface area contributed by atoms with Crippen LogP contribution in [0, 0.1) is 0 Å². The predicted octanol–water partition coefficient (Wildman–Crippen LogP) is 2.87. The van der Waals surface area contributed by atoms with Crippen molar-refractivity contribution in [2.24, 2.45) is 0 Å². The highest BCUT2D eigenvalue weighted by Crippen LogP contribution is 2.26. The molecule has 1 heterocycles. The van der Waals surface area contributed by atoms with E-state index in [4.69, 9.17) is 16.3 Å². The molecule has 20 heavy (non-hydrogen) atoms. The number of benzene rings is 1. The SMILES string of the molecule is Clc1cc(CNC2CC2)ccc1OCCn1cccn1. The van der Waals surface area contributed by atoms with Gasteiger partial charge in [-0.1, -0.05) is 17.7 Å². The first-order chi connectivity index (χ1) is 9.81. The lowest BCUT2D eigenvalue weighted by atomic mass is 10.2. The summed E-state index contributed by atoms with van der Waals surface area (Å²) in [7, 11) is 0. The standard InChI is InChI=1S/C15H18ClN3O/c16-14-10-12(11-17-13-3-4-13)2-5-15(14)20-9-8-19-7-1-6-18-19/h1-2,5-7,10,13,17H,3-4,8-9,11H2. The van der Waals surface area contributed by atoms with Gasteiger partial charge in [-0.3, -0.25) is 4.68 Å². The average molecular weight is 292 g/mol. The normalized spacial score (nSPS) is 14.4. The molecule has 0 unspecified atom stereocenters. The van der Waals surface area contributed by atoms with Crippen LogP contribution in [-0.4, -0.2) is 22.4 Å². The van der Waals surface area contributed by atoms with Gasteiger partial charge in [-0.05, 0) is 36.6 Å². The lowest BCUT2D eigenvalue weighted by Gasteiger charge is -2.10. The Kier molecular flexibility index (Phi) is 4.23. The molecule has 0 spiro atoms. The first-order valence-corrected chi connectivity index (χ1v) is 7.31. The van der Waals surface area contributed by atoms with Gasteiger partial charge >= 0.3 is 0 Å². The van der Waals surface area contributed by atoms with Crippen molar-refractivity contribution in [2.75, 3.05) is 6.61 Å². The maximum atomic E-state index is 6.25. The lowest BCUT2D eigenvalue weighted by molar-refractivity contribution is 0.291. The first-order valence-electron chi connectivity index (χ1n) is 6.93. The zero-order valence-electron chi connectivity index (χ0n) is 11.3. The van der Waals surface area contributed by atoms with Gasteiger partial charge in [0.15, 0.2) is 0 Å². The molecule has 1 saturated carbocycles. The third-order valence-corrected chi connectivity index (χ3v) is 3.60. The Morgan fingerprint density at radius 2 is 2.30 bits per heavy atom. The van der Waals surface area contributed by atoms with Gasteiger partial charge in [-0.2, -0.15) is 5.10 Å². The van der Waals surface area contributed by atoms with Gasteiger partial charge in [0.05, 0.1) is 11.6 Å². The highest BCUT2D eigenvalue weighted by atomic mass is 35.5. The summed E-state index contributed by atoms with van der Waals surface area (Å²) in [5.41, 5.74) is 1.20. The van der Waals surface area contributed by atoms with Crippen molar-refractivity contribution in [3.63, 3.8) is 0 Å². The fourth-order valence-electron chi connectivity index (χ4n) is 2.00. The molecule has 2 aromatic rings. The number of nitrogens with one attached hydrogen (secondary N) is 1. The molecule has 5 heteroatoms. The van der Waals surface area contributed by atoms with E-state index in [-0.39, 0.29) is 0 Å². The molecular weight excluding hydrogens is 274 g/mol. The Morgan fingerprint density at radius 1 is 1.40 bits per heavy atom. The maximum absolute atomic E-state index is 6.25. The third-order valence-electron chi connectivity index (χ3n) is 3.31. The van der Waals surface area contributed by atoms with Crippen LogP contribution in [0.25, 0.3) is 0 Å². The molecule has 0 bridgehead atoms. The van der Waals surface area contributed by atoms with E-state index >= 15 is 0 Å². The van der Waals surface area contributed by atoms with Crippen LogP contribution in [0.1, 0.15) is 18.4 Å². The van der Waals surface area contributed by atoms with Crippen molar-refractivity contribution in [1.82, 2.24) is 15.1 Å². The van der Waals surface area contributed by atoms with Crippen molar-refractivity contribution in [2.45, 2.75) is 32.0 Å². The summed E-state index contributed by atoms with van der Waals surface area (Å²) in [5, 5.41) is 8.26. The van der Waals surface area contributed by atoms with Crippen molar-refractivity contribution in [3.05, 3.63) is 47.2 Å². The van der Waals surface area contributed by atoms with Crippen molar-refractivity contribution in [1.29, 1.82) is 0 Å². The summed E-state index contributed by atoms with van der Waals surface area (Å²) < 4.78 is 7.52. The minimum absolute atomic E-state index is 0.557. The topological polar surface area (TPSA) is 39.1 Å². The van der Waals surface area contributed by atoms with E-state index in [2.05, 4.69) is 16.5 Å². The van der Waals surface area contributed by atoms with Crippen LogP contribution >= 0.6 is 11.6 Å². The van der Waals surface area contributed by atoms with Crippen LogP contribution in [-0.2, 0) is 13.1 Å². The number of halogens is 1. The quantitative estimate of drug-likeness (QED) is 0.852. The second-order valence-electron chi connectivity index (χ2n) is 5.04. The average Bonchev–Trinajstić information content (AvgIpc) is 3.14. The molecule has 1 aliphatic carbocycles. The molecule has 1 aromatic carbocycles. The van der Waals surface area contributed by atoms with Crippen molar-refractivity contribution < 1.29 is 4.74 Å². The third kappa shape index (κ3) is 3.74. The number of nitrogens with zero attached hydrogens (tertiary/aromatic N) is 2. The van der Waals surface area contributed by atoms with E-state index < -0.39 is 0 Å². The Balaban J connectivity index is 1.50.